The molecule has 17 heavy (non-hydrogen) atoms. The number of nitrogens with zero attached hydrogens (tertiary/aromatic N) is 4. The number of nitrogens with one attached hydrogen (secondary N) is 1. The molecule has 0 aliphatic heterocycles. The smallest absolute Gasteiger partial charge is 0.223 e. The minimum Gasteiger partial charge on any atom is -0.494 e. The van der Waals surface area contributed by atoms with Gasteiger partial charge in [0.2, 0.25) is 5.95 Å². The van der Waals surface area contributed by atoms with Crippen LogP contribution >= 0.6 is 0 Å². The van der Waals surface area contributed by atoms with Crippen molar-refractivity contribution in [3.05, 3.63) is 30.9 Å². The third-order valence-corrected chi connectivity index (χ3v) is 2.26. The molecule has 0 saturated carbocycles. The zero-order valence-electron chi connectivity index (χ0n) is 9.87. The Morgan fingerprint density at radius 3 is 2.76 bits per heavy atom. The first kappa shape index (κ1) is 11.4. The minimum atomic E-state index is 0.197. The van der Waals surface area contributed by atoms with Gasteiger partial charge in [-0.2, -0.15) is 5.10 Å². The summed E-state index contributed by atoms with van der Waals surface area (Å²) < 4.78 is 6.85. The quantitative estimate of drug-likeness (QED) is 0.840. The van der Waals surface area contributed by atoms with Crippen molar-refractivity contribution in [1.29, 1.82) is 0 Å². The summed E-state index contributed by atoms with van der Waals surface area (Å²) in [4.78, 5) is 8.28. The van der Waals surface area contributed by atoms with Crippen LogP contribution in [0.2, 0.25) is 0 Å². The first-order valence-electron chi connectivity index (χ1n) is 5.38. The van der Waals surface area contributed by atoms with E-state index in [1.165, 1.54) is 0 Å². The number of ether oxygens (including phenoxy) is 1. The molecule has 0 spiro atoms. The van der Waals surface area contributed by atoms with E-state index in [9.17, 15) is 0 Å². The summed E-state index contributed by atoms with van der Waals surface area (Å²) >= 11 is 0. The lowest BCUT2D eigenvalue weighted by atomic mass is 10.3. The number of methoxy groups -OCH3 is 1. The van der Waals surface area contributed by atoms with Gasteiger partial charge in [-0.3, -0.25) is 4.68 Å². The van der Waals surface area contributed by atoms with Crippen molar-refractivity contribution in [3.63, 3.8) is 0 Å². The molecule has 0 saturated heterocycles. The van der Waals surface area contributed by atoms with Crippen LogP contribution < -0.4 is 10.1 Å². The summed E-state index contributed by atoms with van der Waals surface area (Å²) in [6.07, 6.45) is 6.95. The topological polar surface area (TPSA) is 64.9 Å². The molecule has 0 fully saturated rings. The fraction of sp³-hybridized carbons (Fsp3) is 0.364. The average Bonchev–Trinajstić information content (AvgIpc) is 2.82. The fourth-order valence-corrected chi connectivity index (χ4v) is 1.45. The van der Waals surface area contributed by atoms with Crippen LogP contribution in [-0.2, 0) is 6.54 Å². The molecule has 0 bridgehead atoms. The Bertz CT molecular complexity index is 439. The predicted molar refractivity (Wildman–Crippen MR) is 63.9 cm³/mol. The molecule has 2 rings (SSSR count). The van der Waals surface area contributed by atoms with E-state index in [0.717, 1.165) is 6.54 Å². The van der Waals surface area contributed by atoms with E-state index in [1.807, 2.05) is 16.9 Å². The van der Waals surface area contributed by atoms with Gasteiger partial charge in [0.15, 0.2) is 5.75 Å². The molecule has 1 atom stereocenters. The van der Waals surface area contributed by atoms with Crippen molar-refractivity contribution in [1.82, 2.24) is 19.7 Å². The lowest BCUT2D eigenvalue weighted by Crippen LogP contribution is -2.23. The molecule has 0 amide bonds. The zero-order chi connectivity index (χ0) is 12.1. The Hall–Kier alpha value is -2.11. The van der Waals surface area contributed by atoms with Crippen LogP contribution in [0.4, 0.5) is 5.95 Å². The molecule has 2 aromatic rings. The second kappa shape index (κ2) is 5.29. The summed E-state index contributed by atoms with van der Waals surface area (Å²) in [5, 5.41) is 7.33. The van der Waals surface area contributed by atoms with Gasteiger partial charge in [-0.15, -0.1) is 0 Å². The fourth-order valence-electron chi connectivity index (χ4n) is 1.45. The third kappa shape index (κ3) is 3.17. The van der Waals surface area contributed by atoms with E-state index in [4.69, 9.17) is 4.74 Å². The normalized spacial score (nSPS) is 12.1. The number of aromatic nitrogens is 4. The number of rotatable bonds is 5. The van der Waals surface area contributed by atoms with Gasteiger partial charge in [-0.25, -0.2) is 9.97 Å². The molecule has 1 unspecified atom stereocenters. The van der Waals surface area contributed by atoms with Crippen molar-refractivity contribution in [2.75, 3.05) is 12.4 Å². The highest BCUT2D eigenvalue weighted by Gasteiger charge is 2.05. The maximum atomic E-state index is 4.99. The molecule has 0 radical (unpaired) electrons. The summed E-state index contributed by atoms with van der Waals surface area (Å²) in [6.45, 7) is 2.82. The second-order valence-electron chi connectivity index (χ2n) is 3.72. The van der Waals surface area contributed by atoms with Crippen LogP contribution in [0.1, 0.15) is 6.92 Å². The van der Waals surface area contributed by atoms with Gasteiger partial charge >= 0.3 is 0 Å². The molecule has 2 heterocycles. The van der Waals surface area contributed by atoms with E-state index < -0.39 is 0 Å². The van der Waals surface area contributed by atoms with E-state index in [2.05, 4.69) is 27.3 Å². The van der Waals surface area contributed by atoms with Crippen LogP contribution in [0.5, 0.6) is 5.75 Å². The highest BCUT2D eigenvalue weighted by atomic mass is 16.5. The summed E-state index contributed by atoms with van der Waals surface area (Å²) in [6, 6.07) is 2.10. The first-order chi connectivity index (χ1) is 8.28. The Labute approximate surface area is 99.7 Å². The maximum absolute atomic E-state index is 4.99. The van der Waals surface area contributed by atoms with Gasteiger partial charge in [-0.05, 0) is 13.0 Å². The van der Waals surface area contributed by atoms with Crippen LogP contribution in [0.15, 0.2) is 30.9 Å². The van der Waals surface area contributed by atoms with Crippen LogP contribution in [-0.4, -0.2) is 32.9 Å². The molecule has 0 aromatic carbocycles. The Kier molecular flexibility index (Phi) is 3.54. The zero-order valence-corrected chi connectivity index (χ0v) is 9.87. The SMILES string of the molecule is COc1cnc(NC(C)Cn2cccn2)nc1. The predicted octanol–water partition coefficient (Wildman–Crippen LogP) is 1.18. The monoisotopic (exact) mass is 233 g/mol. The summed E-state index contributed by atoms with van der Waals surface area (Å²) in [5.74, 6) is 1.24. The Morgan fingerprint density at radius 2 is 2.18 bits per heavy atom. The third-order valence-electron chi connectivity index (χ3n) is 2.26. The maximum Gasteiger partial charge on any atom is 0.223 e. The van der Waals surface area contributed by atoms with Gasteiger partial charge in [0.05, 0.1) is 26.0 Å². The highest BCUT2D eigenvalue weighted by Crippen LogP contribution is 2.08. The van der Waals surface area contributed by atoms with Crippen LogP contribution in [0.25, 0.3) is 0 Å². The Morgan fingerprint density at radius 1 is 1.41 bits per heavy atom. The summed E-state index contributed by atoms with van der Waals surface area (Å²) in [7, 11) is 1.59. The van der Waals surface area contributed by atoms with Gasteiger partial charge in [0.1, 0.15) is 0 Å². The Balaban J connectivity index is 1.91. The molecule has 0 aliphatic carbocycles. The van der Waals surface area contributed by atoms with Crippen molar-refractivity contribution in [2.45, 2.75) is 19.5 Å². The minimum absolute atomic E-state index is 0.197. The standard InChI is InChI=1S/C11H15N5O/c1-9(8-16-5-3-4-14-16)15-11-12-6-10(17-2)7-13-11/h3-7,9H,8H2,1-2H3,(H,12,13,15). The number of hydrogen-bond acceptors (Lipinski definition) is 5. The molecular formula is C11H15N5O. The van der Waals surface area contributed by atoms with E-state index in [-0.39, 0.29) is 6.04 Å². The van der Waals surface area contributed by atoms with Crippen molar-refractivity contribution in [2.24, 2.45) is 0 Å². The summed E-state index contributed by atoms with van der Waals surface area (Å²) in [5.41, 5.74) is 0. The lowest BCUT2D eigenvalue weighted by Gasteiger charge is -2.13. The molecule has 0 aliphatic rings. The van der Waals surface area contributed by atoms with Crippen molar-refractivity contribution >= 4 is 5.95 Å². The van der Waals surface area contributed by atoms with Crippen LogP contribution in [0.3, 0.4) is 0 Å². The van der Waals surface area contributed by atoms with Gasteiger partial charge < -0.3 is 10.1 Å². The van der Waals surface area contributed by atoms with Gasteiger partial charge in [-0.1, -0.05) is 0 Å². The molecular weight excluding hydrogens is 218 g/mol. The van der Waals surface area contributed by atoms with E-state index in [1.54, 1.807) is 25.7 Å². The van der Waals surface area contributed by atoms with Gasteiger partial charge in [0.25, 0.3) is 0 Å². The highest BCUT2D eigenvalue weighted by molar-refractivity contribution is 5.27. The van der Waals surface area contributed by atoms with E-state index in [0.29, 0.717) is 11.7 Å². The number of anilines is 1. The molecule has 6 heteroatoms. The van der Waals surface area contributed by atoms with Crippen LogP contribution in [0, 0.1) is 0 Å². The molecule has 90 valence electrons. The molecule has 1 N–H and O–H groups in total. The van der Waals surface area contributed by atoms with Crippen molar-refractivity contribution < 1.29 is 4.74 Å². The van der Waals surface area contributed by atoms with Gasteiger partial charge in [0, 0.05) is 18.4 Å². The average molecular weight is 233 g/mol. The van der Waals surface area contributed by atoms with Crippen molar-refractivity contribution in [3.8, 4) is 5.75 Å². The number of hydrogen-bond donors (Lipinski definition) is 1. The lowest BCUT2D eigenvalue weighted by molar-refractivity contribution is 0.410. The largest absolute Gasteiger partial charge is 0.494 e. The molecule has 6 nitrogen and oxygen atoms in total. The molecule has 2 aromatic heterocycles. The van der Waals surface area contributed by atoms with E-state index >= 15 is 0 Å². The first-order valence-corrected chi connectivity index (χ1v) is 5.38. The second-order valence-corrected chi connectivity index (χ2v) is 3.72.